The van der Waals surface area contributed by atoms with Crippen molar-refractivity contribution in [2.24, 2.45) is 0 Å². The normalized spacial score (nSPS) is 15.2. The smallest absolute Gasteiger partial charge is 0.283 e. The van der Waals surface area contributed by atoms with Gasteiger partial charge in [-0.2, -0.15) is 18.6 Å². The molecule has 1 saturated heterocycles. The van der Waals surface area contributed by atoms with Gasteiger partial charge in [-0.25, -0.2) is 14.3 Å². The minimum absolute atomic E-state index is 0.0275. The molecule has 0 radical (unpaired) electrons. The number of methoxy groups -OCH3 is 1. The first kappa shape index (κ1) is 27.2. The highest BCUT2D eigenvalue weighted by Crippen LogP contribution is 2.44. The maximum absolute atomic E-state index is 14.0. The van der Waals surface area contributed by atoms with Gasteiger partial charge in [-0.05, 0) is 56.2 Å². The van der Waals surface area contributed by atoms with Gasteiger partial charge in [0.05, 0.1) is 13.2 Å². The van der Waals surface area contributed by atoms with Gasteiger partial charge >= 0.3 is 0 Å². The first-order chi connectivity index (χ1) is 19.4. The van der Waals surface area contributed by atoms with E-state index in [1.807, 2.05) is 0 Å². The van der Waals surface area contributed by atoms with Gasteiger partial charge in [0.15, 0.2) is 22.3 Å². The summed E-state index contributed by atoms with van der Waals surface area (Å²) in [4.78, 5) is 13.2. The summed E-state index contributed by atoms with van der Waals surface area (Å²) in [6.07, 6.45) is 2.96. The summed E-state index contributed by atoms with van der Waals surface area (Å²) in [5, 5.41) is 13.7. The molecule has 1 aliphatic rings. The number of aromatic amines is 1. The van der Waals surface area contributed by atoms with Crippen molar-refractivity contribution in [1.82, 2.24) is 35.6 Å². The van der Waals surface area contributed by atoms with Crippen LogP contribution in [0.5, 0.6) is 23.1 Å². The number of benzene rings is 1. The Morgan fingerprint density at radius 2 is 1.90 bits per heavy atom. The summed E-state index contributed by atoms with van der Waals surface area (Å²) < 4.78 is 52.7. The fourth-order valence-corrected chi connectivity index (χ4v) is 5.66. The Morgan fingerprint density at radius 1 is 1.10 bits per heavy atom. The van der Waals surface area contributed by atoms with Gasteiger partial charge in [-0.15, -0.1) is 10.2 Å². The van der Waals surface area contributed by atoms with Crippen molar-refractivity contribution in [1.29, 1.82) is 0 Å². The summed E-state index contributed by atoms with van der Waals surface area (Å²) in [5.41, 5.74) is 0. The van der Waals surface area contributed by atoms with Crippen LogP contribution in [0.15, 0.2) is 53.7 Å². The molecule has 40 heavy (non-hydrogen) atoms. The maximum atomic E-state index is 14.0. The van der Waals surface area contributed by atoms with Gasteiger partial charge in [0, 0.05) is 18.8 Å². The molecule has 15 heteroatoms. The van der Waals surface area contributed by atoms with Crippen LogP contribution in [-0.2, 0) is 14.8 Å². The highest BCUT2D eigenvalue weighted by Gasteiger charge is 2.36. The summed E-state index contributed by atoms with van der Waals surface area (Å²) in [7, 11) is -2.74. The van der Waals surface area contributed by atoms with Crippen LogP contribution in [0.2, 0.25) is 0 Å². The third-order valence-corrected chi connectivity index (χ3v) is 7.79. The van der Waals surface area contributed by atoms with Crippen molar-refractivity contribution in [3.05, 3.63) is 48.7 Å². The molecule has 1 N–H and O–H groups in total. The molecule has 0 bridgehead atoms. The average molecular weight is 569 g/mol. The first-order valence-corrected chi connectivity index (χ1v) is 14.0. The van der Waals surface area contributed by atoms with Gasteiger partial charge in [-0.3, -0.25) is 0 Å². The number of para-hydroxylation sites is 2. The lowest BCUT2D eigenvalue weighted by atomic mass is 10.2. The molecule has 0 spiro atoms. The molecule has 3 aromatic heterocycles. The Hall–Kier alpha value is -4.37. The number of ether oxygens (including phenoxy) is 4. The molecule has 1 unspecified atom stereocenters. The lowest BCUT2D eigenvalue weighted by Crippen LogP contribution is -2.38. The third kappa shape index (κ3) is 5.65. The van der Waals surface area contributed by atoms with E-state index in [0.29, 0.717) is 18.1 Å². The second-order valence-corrected chi connectivity index (χ2v) is 10.8. The van der Waals surface area contributed by atoms with Crippen molar-refractivity contribution in [2.75, 3.05) is 24.6 Å². The van der Waals surface area contributed by atoms with Crippen molar-refractivity contribution in [2.45, 2.75) is 43.9 Å². The zero-order valence-electron chi connectivity index (χ0n) is 22.1. The average Bonchev–Trinajstić information content (AvgIpc) is 3.68. The fraction of sp³-hybridized carbons (Fsp3) is 0.360. The van der Waals surface area contributed by atoms with Gasteiger partial charge in [0.1, 0.15) is 6.61 Å². The van der Waals surface area contributed by atoms with Gasteiger partial charge < -0.3 is 18.9 Å². The van der Waals surface area contributed by atoms with Crippen molar-refractivity contribution in [3.8, 4) is 34.8 Å². The molecule has 1 aromatic carbocycles. The third-order valence-electron chi connectivity index (χ3n) is 5.91. The monoisotopic (exact) mass is 568 g/mol. The molecule has 4 aromatic rings. The van der Waals surface area contributed by atoms with Gasteiger partial charge in [0.2, 0.25) is 17.4 Å². The van der Waals surface area contributed by atoms with Crippen LogP contribution >= 0.6 is 0 Å². The minimum Gasteiger partial charge on any atom is -0.493 e. The van der Waals surface area contributed by atoms with E-state index in [-0.39, 0.29) is 46.8 Å². The Kier molecular flexibility index (Phi) is 8.02. The molecule has 1 atom stereocenters. The largest absolute Gasteiger partial charge is 0.493 e. The molecular formula is C25H28N8O6S. The van der Waals surface area contributed by atoms with E-state index >= 15 is 0 Å². The summed E-state index contributed by atoms with van der Waals surface area (Å²) in [6, 6.07) is 10.9. The van der Waals surface area contributed by atoms with Crippen LogP contribution in [0.1, 0.15) is 26.7 Å². The van der Waals surface area contributed by atoms with E-state index in [2.05, 4.69) is 35.6 Å². The number of nitrogens with one attached hydrogen (secondary N) is 1. The number of H-pyrrole nitrogens is 1. The number of anilines is 1. The van der Waals surface area contributed by atoms with Crippen LogP contribution < -0.4 is 18.5 Å². The number of pyridine rings is 1. The van der Waals surface area contributed by atoms with Crippen LogP contribution in [0.3, 0.4) is 0 Å². The highest BCUT2D eigenvalue weighted by atomic mass is 32.2. The topological polar surface area (TPSA) is 167 Å². The predicted octanol–water partition coefficient (Wildman–Crippen LogP) is 3.01. The Bertz CT molecular complexity index is 1530. The Morgan fingerprint density at radius 3 is 2.55 bits per heavy atom. The highest BCUT2D eigenvalue weighted by molar-refractivity contribution is 7.92. The number of hydrogen-bond donors (Lipinski definition) is 1. The summed E-state index contributed by atoms with van der Waals surface area (Å²) >= 11 is 0. The van der Waals surface area contributed by atoms with E-state index < -0.39 is 16.1 Å². The van der Waals surface area contributed by atoms with Crippen LogP contribution in [0.25, 0.3) is 11.6 Å². The zero-order chi connectivity index (χ0) is 28.1. The number of nitrogens with zero attached hydrogens (tertiary/aromatic N) is 7. The molecule has 210 valence electrons. The fourth-order valence-electron chi connectivity index (χ4n) is 4.11. The number of hydrogen-bond acceptors (Lipinski definition) is 12. The van der Waals surface area contributed by atoms with Crippen molar-refractivity contribution in [3.63, 3.8) is 0 Å². The Balaban J connectivity index is 1.72. The zero-order valence-corrected chi connectivity index (χ0v) is 22.9. The van der Waals surface area contributed by atoms with E-state index in [1.165, 1.54) is 19.4 Å². The number of aromatic nitrogens is 7. The second-order valence-electron chi connectivity index (χ2n) is 9.00. The molecule has 0 aliphatic carbocycles. The SMILES string of the molecule is COc1ccccc1Oc1c(OCC2CCCO2)nc(-c2nn[nH]n2)nc1N(C(C)C)S(=O)(=O)c1ccccn1. The lowest BCUT2D eigenvalue weighted by Gasteiger charge is -2.29. The van der Waals surface area contributed by atoms with Gasteiger partial charge in [0.25, 0.3) is 15.9 Å². The molecule has 5 rings (SSSR count). The van der Waals surface area contributed by atoms with E-state index in [9.17, 15) is 8.42 Å². The molecule has 4 heterocycles. The lowest BCUT2D eigenvalue weighted by molar-refractivity contribution is 0.0654. The molecule has 14 nitrogen and oxygen atoms in total. The van der Waals surface area contributed by atoms with Crippen LogP contribution in [0.4, 0.5) is 5.82 Å². The number of tetrazole rings is 1. The maximum Gasteiger partial charge on any atom is 0.283 e. The summed E-state index contributed by atoms with van der Waals surface area (Å²) in [6.45, 7) is 4.19. The van der Waals surface area contributed by atoms with E-state index in [4.69, 9.17) is 18.9 Å². The number of rotatable bonds is 11. The minimum atomic E-state index is -4.24. The van der Waals surface area contributed by atoms with Crippen molar-refractivity contribution >= 4 is 15.8 Å². The van der Waals surface area contributed by atoms with Crippen LogP contribution in [0, 0.1) is 0 Å². The molecular weight excluding hydrogens is 540 g/mol. The molecule has 0 saturated carbocycles. The number of sulfonamides is 1. The second kappa shape index (κ2) is 11.8. The predicted molar refractivity (Wildman–Crippen MR) is 142 cm³/mol. The van der Waals surface area contributed by atoms with Crippen molar-refractivity contribution < 1.29 is 27.4 Å². The quantitative estimate of drug-likeness (QED) is 0.281. The summed E-state index contributed by atoms with van der Waals surface area (Å²) in [5.74, 6) is 0.513. The van der Waals surface area contributed by atoms with E-state index in [0.717, 1.165) is 17.1 Å². The standard InChI is InChI=1S/C25H28N8O6S/c1-16(2)33(40(34,35)20-12-6-7-13-26-20)24-21(39-19-11-5-4-10-18(19)36-3)25(38-15-17-9-8-14-37-17)28-22(27-24)23-29-31-32-30-23/h4-7,10-13,16-17H,8-9,14-15H2,1-3H3,(H,29,30,31,32). The first-order valence-electron chi connectivity index (χ1n) is 12.5. The molecule has 0 amide bonds. The Labute approximate surface area is 230 Å². The molecule has 1 aliphatic heterocycles. The van der Waals surface area contributed by atoms with Crippen LogP contribution in [-0.4, -0.2) is 76.5 Å². The molecule has 1 fully saturated rings. The van der Waals surface area contributed by atoms with Gasteiger partial charge in [-0.1, -0.05) is 18.2 Å². The van der Waals surface area contributed by atoms with E-state index in [1.54, 1.807) is 50.2 Å².